The van der Waals surface area contributed by atoms with Gasteiger partial charge in [-0.3, -0.25) is 14.5 Å². The van der Waals surface area contributed by atoms with E-state index in [0.29, 0.717) is 37.6 Å². The van der Waals surface area contributed by atoms with Crippen molar-refractivity contribution < 1.29 is 18.4 Å². The Balaban J connectivity index is 1.52. The number of hydrogen-bond acceptors (Lipinski definition) is 4. The molecule has 1 aromatic carbocycles. The van der Waals surface area contributed by atoms with Gasteiger partial charge in [-0.25, -0.2) is 4.39 Å². The lowest BCUT2D eigenvalue weighted by atomic mass is 10.2. The number of carbonyl (C=O) groups excluding carboxylic acids is 2. The summed E-state index contributed by atoms with van der Waals surface area (Å²) in [6.07, 6.45) is 1.48. The Bertz CT molecular complexity index is 723. The van der Waals surface area contributed by atoms with E-state index >= 15 is 0 Å². The highest BCUT2D eigenvalue weighted by molar-refractivity contribution is 5.94. The number of halogens is 1. The van der Waals surface area contributed by atoms with Crippen LogP contribution in [-0.4, -0.2) is 53.8 Å². The molecule has 2 amide bonds. The minimum atomic E-state index is -0.344. The first-order valence-electron chi connectivity index (χ1n) is 8.18. The molecule has 0 unspecified atom stereocenters. The van der Waals surface area contributed by atoms with Crippen LogP contribution in [0.4, 0.5) is 10.1 Å². The lowest BCUT2D eigenvalue weighted by Crippen LogP contribution is -2.54. The molecule has 3 rings (SSSR count). The van der Waals surface area contributed by atoms with E-state index < -0.39 is 0 Å². The van der Waals surface area contributed by atoms with Gasteiger partial charge in [-0.05, 0) is 43.3 Å². The van der Waals surface area contributed by atoms with Crippen molar-refractivity contribution in [2.24, 2.45) is 0 Å². The average Bonchev–Trinajstić information content (AvgIpc) is 3.17. The van der Waals surface area contributed by atoms with Gasteiger partial charge >= 0.3 is 0 Å². The molecule has 1 aliphatic heterocycles. The minimum absolute atomic E-state index is 0.131. The van der Waals surface area contributed by atoms with Crippen LogP contribution < -0.4 is 5.32 Å². The van der Waals surface area contributed by atoms with Crippen molar-refractivity contribution >= 4 is 17.5 Å². The van der Waals surface area contributed by atoms with Crippen molar-refractivity contribution in [2.75, 3.05) is 31.5 Å². The summed E-state index contributed by atoms with van der Waals surface area (Å²) in [5.74, 6) is -0.301. The van der Waals surface area contributed by atoms with Gasteiger partial charge in [0.05, 0.1) is 12.3 Å². The number of hydrogen-bond donors (Lipinski definition) is 1. The molecule has 1 fully saturated rings. The molecule has 0 spiro atoms. The minimum Gasteiger partial charge on any atom is -0.459 e. The fourth-order valence-corrected chi connectivity index (χ4v) is 2.81. The summed E-state index contributed by atoms with van der Waals surface area (Å²) < 4.78 is 18.1. The molecule has 0 aliphatic carbocycles. The van der Waals surface area contributed by atoms with Gasteiger partial charge in [-0.15, -0.1) is 0 Å². The summed E-state index contributed by atoms with van der Waals surface area (Å²) in [5, 5.41) is 2.78. The number of benzene rings is 1. The predicted octanol–water partition coefficient (Wildman–Crippen LogP) is 2.20. The van der Waals surface area contributed by atoms with E-state index in [1.165, 1.54) is 30.5 Å². The lowest BCUT2D eigenvalue weighted by molar-refractivity contribution is -0.121. The molecule has 2 heterocycles. The topological polar surface area (TPSA) is 65.8 Å². The quantitative estimate of drug-likeness (QED) is 0.923. The normalized spacial score (nSPS) is 16.5. The molecule has 1 N–H and O–H groups in total. The summed E-state index contributed by atoms with van der Waals surface area (Å²) in [4.78, 5) is 28.3. The second-order valence-corrected chi connectivity index (χ2v) is 5.98. The van der Waals surface area contributed by atoms with Gasteiger partial charge in [-0.1, -0.05) is 0 Å². The van der Waals surface area contributed by atoms with Crippen molar-refractivity contribution in [3.63, 3.8) is 0 Å². The Hall–Kier alpha value is -2.67. The van der Waals surface area contributed by atoms with Gasteiger partial charge in [-0.2, -0.15) is 0 Å². The summed E-state index contributed by atoms with van der Waals surface area (Å²) >= 11 is 0. The first-order valence-corrected chi connectivity index (χ1v) is 8.18. The summed E-state index contributed by atoms with van der Waals surface area (Å²) in [5.41, 5.74) is 0.560. The zero-order valence-corrected chi connectivity index (χ0v) is 13.9. The van der Waals surface area contributed by atoms with E-state index in [1.54, 1.807) is 17.0 Å². The molecule has 0 bridgehead atoms. The zero-order valence-electron chi connectivity index (χ0n) is 13.9. The number of furan rings is 1. The fourth-order valence-electron chi connectivity index (χ4n) is 2.81. The second kappa shape index (κ2) is 7.48. The van der Waals surface area contributed by atoms with Gasteiger partial charge in [0.15, 0.2) is 5.76 Å². The summed E-state index contributed by atoms with van der Waals surface area (Å²) in [6.45, 7) is 4.10. The molecule has 6 nitrogen and oxygen atoms in total. The first-order chi connectivity index (χ1) is 12.0. The zero-order chi connectivity index (χ0) is 17.8. The van der Waals surface area contributed by atoms with E-state index in [9.17, 15) is 14.0 Å². The smallest absolute Gasteiger partial charge is 0.289 e. The predicted molar refractivity (Wildman–Crippen MR) is 90.7 cm³/mol. The van der Waals surface area contributed by atoms with Gasteiger partial charge in [0.1, 0.15) is 5.82 Å². The monoisotopic (exact) mass is 345 g/mol. The third-order valence-corrected chi connectivity index (χ3v) is 4.37. The van der Waals surface area contributed by atoms with Gasteiger partial charge in [0, 0.05) is 31.9 Å². The number of rotatable bonds is 4. The average molecular weight is 345 g/mol. The van der Waals surface area contributed by atoms with E-state index in [-0.39, 0.29) is 23.7 Å². The standard InChI is InChI=1S/C18H20FN3O3/c1-13(17(23)20-15-6-4-14(19)5-7-15)21-8-10-22(11-9-21)18(24)16-3-2-12-25-16/h2-7,12-13H,8-11H2,1H3,(H,20,23)/t13-/m0/s1. The molecule has 0 radical (unpaired) electrons. The van der Waals surface area contributed by atoms with E-state index in [0.717, 1.165) is 0 Å². The molecule has 132 valence electrons. The third kappa shape index (κ3) is 4.06. The van der Waals surface area contributed by atoms with Crippen LogP contribution in [0.3, 0.4) is 0 Å². The van der Waals surface area contributed by atoms with Crippen LogP contribution >= 0.6 is 0 Å². The number of carbonyl (C=O) groups is 2. The van der Waals surface area contributed by atoms with Gasteiger partial charge < -0.3 is 14.6 Å². The number of nitrogens with one attached hydrogen (secondary N) is 1. The third-order valence-electron chi connectivity index (χ3n) is 4.37. The Morgan fingerprint density at radius 2 is 1.80 bits per heavy atom. The number of nitrogens with zero attached hydrogens (tertiary/aromatic N) is 2. The molecule has 2 aromatic rings. The van der Waals surface area contributed by atoms with Crippen LogP contribution in [0.15, 0.2) is 47.1 Å². The van der Waals surface area contributed by atoms with Crippen LogP contribution in [0.25, 0.3) is 0 Å². The number of anilines is 1. The van der Waals surface area contributed by atoms with Crippen molar-refractivity contribution in [3.05, 3.63) is 54.2 Å². The van der Waals surface area contributed by atoms with Crippen molar-refractivity contribution in [1.29, 1.82) is 0 Å². The molecule has 1 aromatic heterocycles. The van der Waals surface area contributed by atoms with Crippen LogP contribution in [0.2, 0.25) is 0 Å². The molecule has 1 saturated heterocycles. The van der Waals surface area contributed by atoms with E-state index in [4.69, 9.17) is 4.42 Å². The maximum atomic E-state index is 12.9. The first kappa shape index (κ1) is 17.2. The summed E-state index contributed by atoms with van der Waals surface area (Å²) in [6, 6.07) is 8.66. The maximum Gasteiger partial charge on any atom is 0.289 e. The Kier molecular flexibility index (Phi) is 5.14. The SMILES string of the molecule is C[C@@H](C(=O)Nc1ccc(F)cc1)N1CCN(C(=O)c2ccco2)CC1. The van der Waals surface area contributed by atoms with Crippen LogP contribution in [0.5, 0.6) is 0 Å². The molecule has 0 saturated carbocycles. The Labute approximate surface area is 145 Å². The fraction of sp³-hybridized carbons (Fsp3) is 0.333. The number of amides is 2. The van der Waals surface area contributed by atoms with Crippen LogP contribution in [0, 0.1) is 5.82 Å². The molecule has 1 aliphatic rings. The highest BCUT2D eigenvalue weighted by Crippen LogP contribution is 2.13. The Morgan fingerprint density at radius 1 is 1.12 bits per heavy atom. The van der Waals surface area contributed by atoms with Crippen LogP contribution in [-0.2, 0) is 4.79 Å². The highest BCUT2D eigenvalue weighted by atomic mass is 19.1. The maximum absolute atomic E-state index is 12.9. The molecule has 7 heteroatoms. The van der Waals surface area contributed by atoms with Crippen molar-refractivity contribution in [1.82, 2.24) is 9.80 Å². The van der Waals surface area contributed by atoms with Gasteiger partial charge in [0.2, 0.25) is 5.91 Å². The highest BCUT2D eigenvalue weighted by Gasteiger charge is 2.28. The van der Waals surface area contributed by atoms with Crippen molar-refractivity contribution in [2.45, 2.75) is 13.0 Å². The molecular weight excluding hydrogens is 325 g/mol. The second-order valence-electron chi connectivity index (χ2n) is 5.98. The van der Waals surface area contributed by atoms with E-state index in [1.807, 2.05) is 11.8 Å². The number of piperazine rings is 1. The Morgan fingerprint density at radius 3 is 2.40 bits per heavy atom. The van der Waals surface area contributed by atoms with E-state index in [2.05, 4.69) is 5.32 Å². The van der Waals surface area contributed by atoms with Crippen LogP contribution in [0.1, 0.15) is 17.5 Å². The molecule has 1 atom stereocenters. The van der Waals surface area contributed by atoms with Crippen molar-refractivity contribution in [3.8, 4) is 0 Å². The summed E-state index contributed by atoms with van der Waals surface area (Å²) in [7, 11) is 0. The van der Waals surface area contributed by atoms with Gasteiger partial charge in [0.25, 0.3) is 5.91 Å². The molecular formula is C18H20FN3O3. The molecule has 25 heavy (non-hydrogen) atoms. The largest absolute Gasteiger partial charge is 0.459 e. The lowest BCUT2D eigenvalue weighted by Gasteiger charge is -2.37.